The average Bonchev–Trinajstić information content (AvgIpc) is 2.24. The molecule has 0 N–H and O–H groups in total. The van der Waals surface area contributed by atoms with E-state index in [-0.39, 0.29) is 24.0 Å². The van der Waals surface area contributed by atoms with Crippen LogP contribution in [-0.4, -0.2) is 47.7 Å². The number of carbonyl (C=O) groups excluding carboxylic acids is 2. The zero-order chi connectivity index (χ0) is 14.9. The minimum Gasteiger partial charge on any atom is -0.444 e. The molecule has 0 spiro atoms. The predicted octanol–water partition coefficient (Wildman–Crippen LogP) is 2.30. The molecule has 1 saturated heterocycles. The molecule has 1 fully saturated rings. The molecule has 0 radical (unpaired) electrons. The van der Waals surface area contributed by atoms with Crippen molar-refractivity contribution in [2.45, 2.75) is 58.2 Å². The van der Waals surface area contributed by atoms with Crippen LogP contribution in [0.2, 0.25) is 0 Å². The lowest BCUT2D eigenvalue weighted by Gasteiger charge is -2.44. The number of hydrogen-bond acceptors (Lipinski definition) is 4. The summed E-state index contributed by atoms with van der Waals surface area (Å²) in [5.74, 6) is 0.154. The van der Waals surface area contributed by atoms with Crippen LogP contribution in [0.4, 0.5) is 4.79 Å². The molecular weight excluding hydrogens is 258 g/mol. The maximum absolute atomic E-state index is 12.3. The van der Waals surface area contributed by atoms with E-state index in [4.69, 9.17) is 9.47 Å². The molecule has 2 aliphatic heterocycles. The Morgan fingerprint density at radius 2 is 2.10 bits per heavy atom. The van der Waals surface area contributed by atoms with Crippen LogP contribution in [0, 0.1) is 0 Å². The Morgan fingerprint density at radius 1 is 1.40 bits per heavy atom. The van der Waals surface area contributed by atoms with Crippen LogP contribution in [0.15, 0.2) is 11.6 Å². The smallest absolute Gasteiger partial charge is 0.411 e. The van der Waals surface area contributed by atoms with Gasteiger partial charge in [0.2, 0.25) is 0 Å². The van der Waals surface area contributed by atoms with Gasteiger partial charge in [0.1, 0.15) is 11.4 Å². The second-order valence-electron chi connectivity index (χ2n) is 6.55. The zero-order valence-electron chi connectivity index (χ0n) is 12.6. The minimum atomic E-state index is -0.504. The van der Waals surface area contributed by atoms with Crippen molar-refractivity contribution in [2.24, 2.45) is 0 Å². The highest BCUT2D eigenvalue weighted by atomic mass is 16.6. The van der Waals surface area contributed by atoms with Gasteiger partial charge in [-0.2, -0.15) is 0 Å². The second-order valence-corrected chi connectivity index (χ2v) is 6.55. The molecule has 5 nitrogen and oxygen atoms in total. The van der Waals surface area contributed by atoms with E-state index in [1.54, 1.807) is 11.8 Å². The largest absolute Gasteiger partial charge is 0.444 e. The summed E-state index contributed by atoms with van der Waals surface area (Å²) in [7, 11) is 0. The lowest BCUT2D eigenvalue weighted by molar-refractivity contribution is -0.116. The van der Waals surface area contributed by atoms with Crippen LogP contribution < -0.4 is 0 Å². The molecule has 112 valence electrons. The van der Waals surface area contributed by atoms with Gasteiger partial charge in [0, 0.05) is 6.42 Å². The van der Waals surface area contributed by atoms with E-state index in [9.17, 15) is 9.59 Å². The van der Waals surface area contributed by atoms with Crippen molar-refractivity contribution in [3.63, 3.8) is 0 Å². The van der Waals surface area contributed by atoms with Gasteiger partial charge in [-0.15, -0.1) is 0 Å². The first-order valence-electron chi connectivity index (χ1n) is 7.04. The van der Waals surface area contributed by atoms with Crippen LogP contribution >= 0.6 is 0 Å². The number of rotatable bonds is 2. The number of hydrogen-bond donors (Lipinski definition) is 0. The Hall–Kier alpha value is -1.36. The van der Waals surface area contributed by atoms with E-state index in [0.29, 0.717) is 26.1 Å². The monoisotopic (exact) mass is 281 g/mol. The molecule has 2 heterocycles. The highest BCUT2D eigenvalue weighted by Gasteiger charge is 2.39. The standard InChI is InChI=1S/C15H23NO4/c1-10(17)5-11-6-12-8-19-9-13(7-11)16(12)14(18)20-15(2,3)4/h6,12-13H,5,7-9H2,1-4H3. The molecule has 2 rings (SSSR count). The van der Waals surface area contributed by atoms with Crippen molar-refractivity contribution >= 4 is 11.9 Å². The van der Waals surface area contributed by atoms with E-state index in [1.807, 2.05) is 26.8 Å². The number of nitrogens with zero attached hydrogens (tertiary/aromatic N) is 1. The summed E-state index contributed by atoms with van der Waals surface area (Å²) in [4.78, 5) is 25.3. The summed E-state index contributed by atoms with van der Waals surface area (Å²) in [5.41, 5.74) is 0.603. The molecule has 0 saturated carbocycles. The number of carbonyl (C=O) groups is 2. The normalized spacial score (nSPS) is 26.0. The predicted molar refractivity (Wildman–Crippen MR) is 74.5 cm³/mol. The highest BCUT2D eigenvalue weighted by molar-refractivity contribution is 5.78. The van der Waals surface area contributed by atoms with Crippen molar-refractivity contribution < 1.29 is 19.1 Å². The van der Waals surface area contributed by atoms with E-state index < -0.39 is 5.60 Å². The lowest BCUT2D eigenvalue weighted by Crippen LogP contribution is -2.57. The molecule has 2 bridgehead atoms. The van der Waals surface area contributed by atoms with Gasteiger partial charge in [-0.25, -0.2) is 4.79 Å². The zero-order valence-corrected chi connectivity index (χ0v) is 12.6. The molecule has 20 heavy (non-hydrogen) atoms. The lowest BCUT2D eigenvalue weighted by atomic mass is 9.92. The van der Waals surface area contributed by atoms with Gasteiger partial charge in [-0.3, -0.25) is 9.69 Å². The van der Waals surface area contributed by atoms with Crippen LogP contribution in [0.3, 0.4) is 0 Å². The molecule has 5 heteroatoms. The Labute approximate surface area is 119 Å². The topological polar surface area (TPSA) is 55.8 Å². The molecule has 0 aliphatic carbocycles. The first-order valence-corrected chi connectivity index (χ1v) is 7.04. The quantitative estimate of drug-likeness (QED) is 0.729. The third-order valence-corrected chi connectivity index (χ3v) is 3.36. The molecule has 1 amide bonds. The fourth-order valence-corrected chi connectivity index (χ4v) is 2.73. The summed E-state index contributed by atoms with van der Waals surface area (Å²) in [6.07, 6.45) is 2.85. The Balaban J connectivity index is 2.14. The third kappa shape index (κ3) is 3.60. The van der Waals surface area contributed by atoms with E-state index >= 15 is 0 Å². The highest BCUT2D eigenvalue weighted by Crippen LogP contribution is 2.30. The maximum Gasteiger partial charge on any atom is 0.411 e. The summed E-state index contributed by atoms with van der Waals surface area (Å²) >= 11 is 0. The van der Waals surface area contributed by atoms with E-state index in [2.05, 4.69) is 0 Å². The van der Waals surface area contributed by atoms with Gasteiger partial charge in [-0.05, 0) is 34.1 Å². The minimum absolute atomic E-state index is 0.0250. The third-order valence-electron chi connectivity index (χ3n) is 3.36. The van der Waals surface area contributed by atoms with Crippen molar-refractivity contribution in [1.29, 1.82) is 0 Å². The van der Waals surface area contributed by atoms with Crippen molar-refractivity contribution in [1.82, 2.24) is 4.90 Å². The molecule has 0 aromatic heterocycles. The summed E-state index contributed by atoms with van der Waals surface area (Å²) in [6.45, 7) is 8.14. The van der Waals surface area contributed by atoms with Gasteiger partial charge >= 0.3 is 6.09 Å². The van der Waals surface area contributed by atoms with Crippen molar-refractivity contribution in [3.05, 3.63) is 11.6 Å². The van der Waals surface area contributed by atoms with Crippen molar-refractivity contribution in [2.75, 3.05) is 13.2 Å². The SMILES string of the molecule is CC(=O)CC1=CC2COCC(C1)N2C(=O)OC(C)(C)C. The Kier molecular flexibility index (Phi) is 4.18. The molecule has 2 atom stereocenters. The van der Waals surface area contributed by atoms with Crippen molar-refractivity contribution in [3.8, 4) is 0 Å². The number of fused-ring (bicyclic) bond motifs is 2. The van der Waals surface area contributed by atoms with Crippen LogP contribution in [0.5, 0.6) is 0 Å². The summed E-state index contributed by atoms with van der Waals surface area (Å²) < 4.78 is 11.0. The molecule has 0 aromatic carbocycles. The van der Waals surface area contributed by atoms with Crippen LogP contribution in [-0.2, 0) is 14.3 Å². The molecule has 2 unspecified atom stereocenters. The number of amides is 1. The van der Waals surface area contributed by atoms with Gasteiger partial charge in [0.25, 0.3) is 0 Å². The first kappa shape index (κ1) is 15.0. The van der Waals surface area contributed by atoms with E-state index in [0.717, 1.165) is 5.57 Å². The maximum atomic E-state index is 12.3. The molecule has 0 aromatic rings. The Morgan fingerprint density at radius 3 is 2.65 bits per heavy atom. The van der Waals surface area contributed by atoms with Crippen LogP contribution in [0.1, 0.15) is 40.5 Å². The van der Waals surface area contributed by atoms with Gasteiger partial charge in [0.05, 0.1) is 25.3 Å². The number of ketones is 1. The fourth-order valence-electron chi connectivity index (χ4n) is 2.73. The summed E-state index contributed by atoms with van der Waals surface area (Å²) in [5, 5.41) is 0. The van der Waals surface area contributed by atoms with Gasteiger partial charge in [-0.1, -0.05) is 11.6 Å². The average molecular weight is 281 g/mol. The van der Waals surface area contributed by atoms with Crippen LogP contribution in [0.25, 0.3) is 0 Å². The first-order chi connectivity index (χ1) is 9.26. The number of morpholine rings is 1. The fraction of sp³-hybridized carbons (Fsp3) is 0.733. The molecule has 2 aliphatic rings. The number of ether oxygens (including phenoxy) is 2. The van der Waals surface area contributed by atoms with Gasteiger partial charge in [0.15, 0.2) is 0 Å². The number of Topliss-reactive ketones (excluding diaryl/α,β-unsaturated/α-hetero) is 1. The van der Waals surface area contributed by atoms with Gasteiger partial charge < -0.3 is 9.47 Å². The summed E-state index contributed by atoms with van der Waals surface area (Å²) in [6, 6.07) is -0.144. The van der Waals surface area contributed by atoms with E-state index in [1.165, 1.54) is 0 Å². The molecular formula is C15H23NO4. The Bertz CT molecular complexity index is 436. The second kappa shape index (κ2) is 5.56.